The molecule has 1 heterocycles. The molecule has 0 saturated carbocycles. The molecule has 0 bridgehead atoms. The smallest absolute Gasteiger partial charge is 0.480 e. The summed E-state index contributed by atoms with van der Waals surface area (Å²) in [6, 6.07) is 11.0. The normalized spacial score (nSPS) is 15.2. The molecule has 3 N–H and O–H groups in total. The van der Waals surface area contributed by atoms with Gasteiger partial charge in [-0.15, -0.1) is 26.3 Å². The van der Waals surface area contributed by atoms with E-state index in [1.807, 2.05) is 0 Å². The second-order valence-electron chi connectivity index (χ2n) is 8.93. The summed E-state index contributed by atoms with van der Waals surface area (Å²) in [5, 5.41) is 12.8. The summed E-state index contributed by atoms with van der Waals surface area (Å²) in [6.45, 7) is 4.55. The number of allylic oxidation sites excluding steroid dienone is 2. The molecule has 0 saturated heterocycles. The Morgan fingerprint density at radius 2 is 1.81 bits per heavy atom. The fourth-order valence-corrected chi connectivity index (χ4v) is 3.83. The Balaban J connectivity index is 1.90. The van der Waals surface area contributed by atoms with Crippen LogP contribution in [-0.4, -0.2) is 47.3 Å². The monoisotopic (exact) mass is 609 g/mol. The van der Waals surface area contributed by atoms with E-state index in [1.165, 1.54) is 30.4 Å². The Morgan fingerprint density at radius 1 is 1.12 bits per heavy atom. The number of carboxylic acid groups (broad SMARTS) is 1. The third-order valence-corrected chi connectivity index (χ3v) is 5.70. The minimum atomic E-state index is -4.91. The Kier molecular flexibility index (Phi) is 10.5. The van der Waals surface area contributed by atoms with Crippen molar-refractivity contribution in [3.8, 4) is 5.75 Å². The van der Waals surface area contributed by atoms with Gasteiger partial charge in [-0.2, -0.15) is 0 Å². The van der Waals surface area contributed by atoms with Gasteiger partial charge in [-0.05, 0) is 72.7 Å². The van der Waals surface area contributed by atoms with Crippen molar-refractivity contribution in [3.63, 3.8) is 0 Å². The zero-order valence-corrected chi connectivity index (χ0v) is 22.4. The minimum Gasteiger partial charge on any atom is -0.480 e. The summed E-state index contributed by atoms with van der Waals surface area (Å²) in [5.41, 5.74) is 8.08. The van der Waals surface area contributed by atoms with Crippen molar-refractivity contribution in [1.82, 2.24) is 15.8 Å². The average molecular weight is 610 g/mol. The molecule has 0 aromatic heterocycles. The molecule has 3 rings (SSSR count). The molecular formula is C29H25F6N3O5. The van der Waals surface area contributed by atoms with Crippen LogP contribution >= 0.6 is 0 Å². The molecule has 0 spiro atoms. The zero-order valence-electron chi connectivity index (χ0n) is 22.4. The predicted octanol–water partition coefficient (Wildman–Crippen LogP) is 5.84. The van der Waals surface area contributed by atoms with Crippen LogP contribution in [0.3, 0.4) is 0 Å². The topological polar surface area (TPSA) is 100 Å². The van der Waals surface area contributed by atoms with Crippen molar-refractivity contribution in [1.29, 1.82) is 0 Å². The van der Waals surface area contributed by atoms with E-state index < -0.39 is 48.7 Å². The number of hydrazine groups is 1. The standard InChI is InChI=1S/C29H25F6N3O5/c1-3-22(42-28(30,31)32)9-4-6-18(2)24-15-25(20-10-12-23(13-11-20)43-29(33,34)35)38(37-24)17-19-7-5-8-21(14-19)27(41)36-16-26(39)40/h3-8,10-15,24,37H,1,16-17H2,2H3,(H,36,41)(H,39,40)/b18-6+. The highest BCUT2D eigenvalue weighted by molar-refractivity contribution is 5.95. The van der Waals surface area contributed by atoms with E-state index in [9.17, 15) is 35.9 Å². The molecule has 43 heavy (non-hydrogen) atoms. The lowest BCUT2D eigenvalue weighted by Crippen LogP contribution is -2.37. The third-order valence-electron chi connectivity index (χ3n) is 5.70. The first-order valence-electron chi connectivity index (χ1n) is 12.4. The molecule has 0 radical (unpaired) electrons. The number of nitrogens with zero attached hydrogens (tertiary/aromatic N) is 1. The van der Waals surface area contributed by atoms with E-state index >= 15 is 0 Å². The summed E-state index contributed by atoms with van der Waals surface area (Å²) in [6.07, 6.45) is -4.46. The summed E-state index contributed by atoms with van der Waals surface area (Å²) in [7, 11) is 0. The molecule has 228 valence electrons. The van der Waals surface area contributed by atoms with Crippen LogP contribution in [0.4, 0.5) is 26.3 Å². The van der Waals surface area contributed by atoms with E-state index in [2.05, 4.69) is 32.5 Å². The van der Waals surface area contributed by atoms with Crippen molar-refractivity contribution in [2.24, 2.45) is 0 Å². The number of alkyl halides is 6. The van der Waals surface area contributed by atoms with Crippen LogP contribution in [0.5, 0.6) is 5.75 Å². The summed E-state index contributed by atoms with van der Waals surface area (Å²) in [4.78, 5) is 23.1. The van der Waals surface area contributed by atoms with Crippen LogP contribution < -0.4 is 15.5 Å². The second kappa shape index (κ2) is 13.8. The van der Waals surface area contributed by atoms with Crippen LogP contribution in [0.25, 0.3) is 5.70 Å². The molecule has 1 aliphatic rings. The third kappa shape index (κ3) is 10.4. The van der Waals surface area contributed by atoms with Gasteiger partial charge in [-0.3, -0.25) is 9.59 Å². The number of rotatable bonds is 11. The number of hydrogen-bond acceptors (Lipinski definition) is 6. The van der Waals surface area contributed by atoms with Crippen LogP contribution in [0.2, 0.25) is 0 Å². The highest BCUT2D eigenvalue weighted by Crippen LogP contribution is 2.30. The van der Waals surface area contributed by atoms with Crippen molar-refractivity contribution < 1.29 is 50.5 Å². The molecule has 0 fully saturated rings. The molecule has 14 heteroatoms. The molecule has 0 aliphatic carbocycles. The first-order valence-corrected chi connectivity index (χ1v) is 12.4. The summed E-state index contributed by atoms with van der Waals surface area (Å²) < 4.78 is 83.1. The van der Waals surface area contributed by atoms with Crippen LogP contribution in [0.15, 0.2) is 96.5 Å². The number of nitrogens with one attached hydrogen (secondary N) is 2. The molecule has 1 unspecified atom stereocenters. The van der Waals surface area contributed by atoms with Gasteiger partial charge >= 0.3 is 18.7 Å². The van der Waals surface area contributed by atoms with Crippen LogP contribution in [0.1, 0.15) is 28.4 Å². The maximum Gasteiger partial charge on any atom is 0.573 e. The molecule has 8 nitrogen and oxygen atoms in total. The molecule has 2 aromatic rings. The van der Waals surface area contributed by atoms with Crippen LogP contribution in [0, 0.1) is 0 Å². The highest BCUT2D eigenvalue weighted by atomic mass is 19.4. The maximum atomic E-state index is 12.6. The van der Waals surface area contributed by atoms with Gasteiger partial charge in [-0.1, -0.05) is 36.1 Å². The maximum absolute atomic E-state index is 12.6. The lowest BCUT2D eigenvalue weighted by Gasteiger charge is -2.25. The second-order valence-corrected chi connectivity index (χ2v) is 8.93. The van der Waals surface area contributed by atoms with Crippen molar-refractivity contribution in [2.75, 3.05) is 6.54 Å². The number of carbonyl (C=O) groups is 2. The van der Waals surface area contributed by atoms with Gasteiger partial charge in [0.2, 0.25) is 0 Å². The summed E-state index contributed by atoms with van der Waals surface area (Å²) in [5.74, 6) is -2.86. The first-order chi connectivity index (χ1) is 20.1. The lowest BCUT2D eigenvalue weighted by atomic mass is 10.1. The lowest BCUT2D eigenvalue weighted by molar-refractivity contribution is -0.303. The Bertz CT molecular complexity index is 1470. The number of amides is 1. The molecular weight excluding hydrogens is 584 g/mol. The van der Waals surface area contributed by atoms with Crippen molar-refractivity contribution in [3.05, 3.63) is 113 Å². The Labute approximate surface area is 241 Å². The van der Waals surface area contributed by atoms with Crippen molar-refractivity contribution in [2.45, 2.75) is 32.2 Å². The van der Waals surface area contributed by atoms with Gasteiger partial charge in [0.1, 0.15) is 12.3 Å². The first kappa shape index (κ1) is 32.6. The van der Waals surface area contributed by atoms with Crippen LogP contribution in [-0.2, 0) is 16.1 Å². The van der Waals surface area contributed by atoms with Crippen molar-refractivity contribution >= 4 is 17.6 Å². The summed E-state index contributed by atoms with van der Waals surface area (Å²) >= 11 is 0. The Morgan fingerprint density at radius 3 is 2.42 bits per heavy atom. The molecule has 1 aliphatic heterocycles. The van der Waals surface area contributed by atoms with Gasteiger partial charge in [0.15, 0.2) is 5.76 Å². The van der Waals surface area contributed by atoms with E-state index in [4.69, 9.17) is 5.11 Å². The van der Waals surface area contributed by atoms with Gasteiger partial charge in [0, 0.05) is 5.56 Å². The van der Waals surface area contributed by atoms with Gasteiger partial charge in [-0.25, -0.2) is 5.43 Å². The van der Waals surface area contributed by atoms with E-state index in [0.29, 0.717) is 22.4 Å². The highest BCUT2D eigenvalue weighted by Gasteiger charge is 2.32. The van der Waals surface area contributed by atoms with Gasteiger partial charge in [0.25, 0.3) is 5.91 Å². The van der Waals surface area contributed by atoms with E-state index in [1.54, 1.807) is 36.2 Å². The van der Waals surface area contributed by atoms with Gasteiger partial charge in [0.05, 0.1) is 18.3 Å². The number of benzene rings is 2. The Hall–Kier alpha value is -4.94. The molecule has 2 aromatic carbocycles. The number of carboxylic acids is 1. The van der Waals surface area contributed by atoms with Gasteiger partial charge < -0.3 is 24.9 Å². The number of carbonyl (C=O) groups excluding carboxylic acids is 1. The fourth-order valence-electron chi connectivity index (χ4n) is 3.83. The van der Waals surface area contributed by atoms with E-state index in [0.717, 1.165) is 18.2 Å². The SMILES string of the molecule is C=CC(=C=C/C=C(\C)C1C=C(c2ccc(OC(F)(F)F)cc2)N(Cc2cccc(C(=O)NCC(=O)O)c2)N1)OC(F)(F)F. The number of aliphatic carboxylic acids is 1. The fraction of sp³-hybridized carbons (Fsp3) is 0.207. The zero-order chi connectivity index (χ0) is 31.8. The number of hydrogen-bond donors (Lipinski definition) is 3. The minimum absolute atomic E-state index is 0.159. The predicted molar refractivity (Wildman–Crippen MR) is 143 cm³/mol. The number of halogens is 6. The quantitative estimate of drug-likeness (QED) is 0.128. The van der Waals surface area contributed by atoms with E-state index in [-0.39, 0.29) is 12.1 Å². The average Bonchev–Trinajstić information content (AvgIpc) is 3.33. The molecule has 1 atom stereocenters. The largest absolute Gasteiger partial charge is 0.573 e. The number of ether oxygens (including phenoxy) is 2. The molecule has 1 amide bonds.